The molecule has 1 aromatic carbocycles. The lowest BCUT2D eigenvalue weighted by Gasteiger charge is -2.31. The maximum atomic E-state index is 11.9. The van der Waals surface area contributed by atoms with Gasteiger partial charge in [-0.3, -0.25) is 4.79 Å². The van der Waals surface area contributed by atoms with Crippen LogP contribution in [0, 0.1) is 5.92 Å². The van der Waals surface area contributed by atoms with E-state index in [1.165, 1.54) is 5.56 Å². The van der Waals surface area contributed by atoms with Crippen molar-refractivity contribution in [1.29, 1.82) is 0 Å². The van der Waals surface area contributed by atoms with Crippen molar-refractivity contribution in [1.82, 2.24) is 5.32 Å². The van der Waals surface area contributed by atoms with Crippen LogP contribution in [0.15, 0.2) is 30.3 Å². The van der Waals surface area contributed by atoms with Crippen LogP contribution >= 0.6 is 0 Å². The lowest BCUT2D eigenvalue weighted by molar-refractivity contribution is -0.149. The minimum absolute atomic E-state index is 0.0169. The number of ether oxygens (including phenoxy) is 1. The fourth-order valence-corrected chi connectivity index (χ4v) is 3.23. The van der Waals surface area contributed by atoms with Crippen LogP contribution < -0.4 is 5.32 Å². The Morgan fingerprint density at radius 3 is 2.71 bits per heavy atom. The van der Waals surface area contributed by atoms with E-state index in [9.17, 15) is 4.79 Å². The van der Waals surface area contributed by atoms with Gasteiger partial charge in [-0.2, -0.15) is 0 Å². The van der Waals surface area contributed by atoms with E-state index in [0.717, 1.165) is 32.1 Å². The van der Waals surface area contributed by atoms with Crippen molar-refractivity contribution >= 4 is 5.97 Å². The maximum absolute atomic E-state index is 11.9. The molecule has 1 aliphatic carbocycles. The number of benzene rings is 1. The van der Waals surface area contributed by atoms with E-state index in [0.29, 0.717) is 18.7 Å². The summed E-state index contributed by atoms with van der Waals surface area (Å²) in [6, 6.07) is 11.4. The number of hydrogen-bond acceptors (Lipinski definition) is 3. The first-order chi connectivity index (χ1) is 10.2. The maximum Gasteiger partial charge on any atom is 0.308 e. The quantitative estimate of drug-likeness (QED) is 0.808. The summed E-state index contributed by atoms with van der Waals surface area (Å²) in [5.41, 5.74) is 1.33. The minimum atomic E-state index is -0.0169. The lowest BCUT2D eigenvalue weighted by atomic mass is 9.85. The molecule has 0 aliphatic heterocycles. The van der Waals surface area contributed by atoms with E-state index in [4.69, 9.17) is 4.74 Å². The van der Waals surface area contributed by atoms with E-state index < -0.39 is 0 Å². The second-order valence-corrected chi connectivity index (χ2v) is 5.85. The summed E-state index contributed by atoms with van der Waals surface area (Å²) < 4.78 is 5.18. The third-order valence-electron chi connectivity index (χ3n) is 4.34. The SMILES string of the molecule is CCOC(=O)C1CCCC(NC(CC)c2ccccc2)C1. The fraction of sp³-hybridized carbons (Fsp3) is 0.611. The smallest absolute Gasteiger partial charge is 0.308 e. The molecule has 1 fully saturated rings. The number of nitrogens with one attached hydrogen (secondary N) is 1. The average Bonchev–Trinajstić information content (AvgIpc) is 2.54. The van der Waals surface area contributed by atoms with Gasteiger partial charge in [-0.05, 0) is 38.2 Å². The van der Waals surface area contributed by atoms with Crippen molar-refractivity contribution in [3.05, 3.63) is 35.9 Å². The molecular formula is C18H27NO2. The molecule has 1 aliphatic rings. The van der Waals surface area contributed by atoms with E-state index in [1.807, 2.05) is 13.0 Å². The Bertz CT molecular complexity index is 432. The Morgan fingerprint density at radius 1 is 1.29 bits per heavy atom. The van der Waals surface area contributed by atoms with Crippen LogP contribution in [-0.4, -0.2) is 18.6 Å². The fourth-order valence-electron chi connectivity index (χ4n) is 3.23. The van der Waals surface area contributed by atoms with Gasteiger partial charge in [-0.1, -0.05) is 43.7 Å². The molecule has 116 valence electrons. The van der Waals surface area contributed by atoms with Gasteiger partial charge in [0, 0.05) is 12.1 Å². The van der Waals surface area contributed by atoms with Crippen LogP contribution in [0.5, 0.6) is 0 Å². The van der Waals surface area contributed by atoms with E-state index in [-0.39, 0.29) is 11.9 Å². The Balaban J connectivity index is 1.93. The molecule has 3 heteroatoms. The van der Waals surface area contributed by atoms with Gasteiger partial charge in [0.2, 0.25) is 0 Å². The Morgan fingerprint density at radius 2 is 2.05 bits per heavy atom. The third-order valence-corrected chi connectivity index (χ3v) is 4.34. The van der Waals surface area contributed by atoms with Crippen LogP contribution in [0.25, 0.3) is 0 Å². The normalized spacial score (nSPS) is 23.5. The first kappa shape index (κ1) is 16.0. The van der Waals surface area contributed by atoms with Gasteiger partial charge in [0.05, 0.1) is 12.5 Å². The summed E-state index contributed by atoms with van der Waals surface area (Å²) in [6.45, 7) is 4.56. The van der Waals surface area contributed by atoms with Crippen LogP contribution in [0.4, 0.5) is 0 Å². The highest BCUT2D eigenvalue weighted by Crippen LogP contribution is 2.28. The average molecular weight is 289 g/mol. The van der Waals surface area contributed by atoms with Crippen molar-refractivity contribution in [2.75, 3.05) is 6.61 Å². The molecule has 0 saturated heterocycles. The predicted octanol–water partition coefficient (Wildman–Crippen LogP) is 3.85. The van der Waals surface area contributed by atoms with Crippen LogP contribution in [0.1, 0.15) is 57.6 Å². The van der Waals surface area contributed by atoms with Crippen LogP contribution in [-0.2, 0) is 9.53 Å². The van der Waals surface area contributed by atoms with Crippen LogP contribution in [0.2, 0.25) is 0 Å². The number of hydrogen-bond donors (Lipinski definition) is 1. The summed E-state index contributed by atoms with van der Waals surface area (Å²) in [4.78, 5) is 11.9. The number of carbonyl (C=O) groups is 1. The Kier molecular flexibility index (Phi) is 6.24. The molecule has 1 aromatic rings. The molecule has 3 nitrogen and oxygen atoms in total. The molecule has 0 spiro atoms. The third kappa shape index (κ3) is 4.57. The molecule has 2 rings (SSSR count). The number of esters is 1. The molecule has 0 radical (unpaired) electrons. The van der Waals surface area contributed by atoms with E-state index >= 15 is 0 Å². The zero-order valence-corrected chi connectivity index (χ0v) is 13.2. The van der Waals surface area contributed by atoms with Gasteiger partial charge in [-0.15, -0.1) is 0 Å². The van der Waals surface area contributed by atoms with Gasteiger partial charge in [0.15, 0.2) is 0 Å². The largest absolute Gasteiger partial charge is 0.466 e. The summed E-state index contributed by atoms with van der Waals surface area (Å²) >= 11 is 0. The van der Waals surface area contributed by atoms with Crippen molar-refractivity contribution < 1.29 is 9.53 Å². The minimum Gasteiger partial charge on any atom is -0.466 e. The molecule has 3 atom stereocenters. The van der Waals surface area contributed by atoms with Crippen molar-refractivity contribution in [3.8, 4) is 0 Å². The molecule has 21 heavy (non-hydrogen) atoms. The van der Waals surface area contributed by atoms with Gasteiger partial charge in [0.1, 0.15) is 0 Å². The number of rotatable bonds is 6. The molecular weight excluding hydrogens is 262 g/mol. The molecule has 3 unspecified atom stereocenters. The van der Waals surface area contributed by atoms with Gasteiger partial charge < -0.3 is 10.1 Å². The first-order valence-corrected chi connectivity index (χ1v) is 8.22. The summed E-state index contributed by atoms with van der Waals surface area (Å²) in [7, 11) is 0. The zero-order chi connectivity index (χ0) is 15.1. The summed E-state index contributed by atoms with van der Waals surface area (Å²) in [5.74, 6) is 0.0567. The molecule has 0 amide bonds. The Labute approximate surface area is 128 Å². The van der Waals surface area contributed by atoms with Gasteiger partial charge >= 0.3 is 5.97 Å². The first-order valence-electron chi connectivity index (χ1n) is 8.22. The molecule has 0 bridgehead atoms. The van der Waals surface area contributed by atoms with E-state index in [1.54, 1.807) is 0 Å². The monoisotopic (exact) mass is 289 g/mol. The van der Waals surface area contributed by atoms with Gasteiger partial charge in [0.25, 0.3) is 0 Å². The molecule has 1 N–H and O–H groups in total. The molecule has 0 heterocycles. The molecule has 0 aromatic heterocycles. The predicted molar refractivity (Wildman–Crippen MR) is 85.0 cm³/mol. The Hall–Kier alpha value is -1.35. The van der Waals surface area contributed by atoms with Crippen molar-refractivity contribution in [3.63, 3.8) is 0 Å². The topological polar surface area (TPSA) is 38.3 Å². The lowest BCUT2D eigenvalue weighted by Crippen LogP contribution is -2.38. The van der Waals surface area contributed by atoms with Crippen molar-refractivity contribution in [2.24, 2.45) is 5.92 Å². The van der Waals surface area contributed by atoms with E-state index in [2.05, 4.69) is 36.5 Å². The summed E-state index contributed by atoms with van der Waals surface area (Å²) in [6.07, 6.45) is 5.19. The molecule has 1 saturated carbocycles. The highest BCUT2D eigenvalue weighted by Gasteiger charge is 2.29. The second-order valence-electron chi connectivity index (χ2n) is 5.85. The highest BCUT2D eigenvalue weighted by atomic mass is 16.5. The zero-order valence-electron chi connectivity index (χ0n) is 13.2. The van der Waals surface area contributed by atoms with Crippen LogP contribution in [0.3, 0.4) is 0 Å². The highest BCUT2D eigenvalue weighted by molar-refractivity contribution is 5.72. The second kappa shape index (κ2) is 8.18. The van der Waals surface area contributed by atoms with Crippen molar-refractivity contribution in [2.45, 2.75) is 58.0 Å². The van der Waals surface area contributed by atoms with Gasteiger partial charge in [-0.25, -0.2) is 0 Å². The summed E-state index contributed by atoms with van der Waals surface area (Å²) in [5, 5.41) is 3.74. The standard InChI is InChI=1S/C18H27NO2/c1-3-17(14-9-6-5-7-10-14)19-16-12-8-11-15(13-16)18(20)21-4-2/h5-7,9-10,15-17,19H,3-4,8,11-13H2,1-2H3. The number of carbonyl (C=O) groups excluding carboxylic acids is 1.